The Morgan fingerprint density at radius 3 is 2.40 bits per heavy atom. The molecular formula is C29H34N4O10. The number of aliphatic hydroxyl groups excluding tert-OH is 2. The molecule has 1 aromatic carbocycles. The number of carboxylic acids is 1. The van der Waals surface area contributed by atoms with Crippen LogP contribution in [0.4, 0.5) is 5.69 Å². The van der Waals surface area contributed by atoms with Gasteiger partial charge in [-0.25, -0.2) is 0 Å². The highest BCUT2D eigenvalue weighted by Gasteiger charge is 2.63. The minimum Gasteiger partial charge on any atom is -0.510 e. The summed E-state index contributed by atoms with van der Waals surface area (Å²) in [5.41, 5.74) is 1.43. The van der Waals surface area contributed by atoms with E-state index in [0.717, 1.165) is 12.8 Å². The summed E-state index contributed by atoms with van der Waals surface area (Å²) in [7, 11) is 3.10. The Morgan fingerprint density at radius 1 is 1.14 bits per heavy atom. The minimum atomic E-state index is -2.75. The number of Topliss-reactive ketones (excluding diaryl/α,β-unsaturated/α-hetero) is 2. The van der Waals surface area contributed by atoms with Crippen molar-refractivity contribution in [1.82, 2.24) is 10.2 Å². The first kappa shape index (κ1) is 30.2. The van der Waals surface area contributed by atoms with Crippen molar-refractivity contribution in [2.45, 2.75) is 62.3 Å². The molecule has 1 saturated carbocycles. The second-order valence-corrected chi connectivity index (χ2v) is 11.9. The Morgan fingerprint density at radius 2 is 1.81 bits per heavy atom. The zero-order valence-electron chi connectivity index (χ0n) is 23.6. The van der Waals surface area contributed by atoms with Gasteiger partial charge in [-0.3, -0.25) is 28.9 Å². The predicted molar refractivity (Wildman–Crippen MR) is 149 cm³/mol. The molecule has 4 unspecified atom stereocenters. The average molecular weight is 599 g/mol. The van der Waals surface area contributed by atoms with Gasteiger partial charge in [0.1, 0.15) is 17.1 Å². The van der Waals surface area contributed by atoms with Crippen LogP contribution in [-0.4, -0.2) is 97.6 Å². The molecule has 14 heteroatoms. The Balaban J connectivity index is 1.51. The molecule has 5 atom stereocenters. The van der Waals surface area contributed by atoms with Gasteiger partial charge < -0.3 is 41.9 Å². The summed E-state index contributed by atoms with van der Waals surface area (Å²) in [5.74, 6) is -9.26. The number of hydrogen-bond donors (Lipinski definition) is 8. The minimum absolute atomic E-state index is 0.00372. The molecule has 0 spiro atoms. The number of likely N-dealkylation sites (N-methyl/N-ethyl adjacent to an activating group) is 1. The van der Waals surface area contributed by atoms with Gasteiger partial charge >= 0.3 is 5.97 Å². The van der Waals surface area contributed by atoms with Gasteiger partial charge in [-0.1, -0.05) is 6.07 Å². The van der Waals surface area contributed by atoms with Crippen molar-refractivity contribution in [2.24, 2.45) is 17.6 Å². The van der Waals surface area contributed by atoms with E-state index in [1.807, 2.05) is 0 Å². The fourth-order valence-corrected chi connectivity index (χ4v) is 6.64. The second kappa shape index (κ2) is 10.8. The summed E-state index contributed by atoms with van der Waals surface area (Å²) >= 11 is 0. The van der Waals surface area contributed by atoms with Crippen molar-refractivity contribution in [3.05, 3.63) is 45.9 Å². The average Bonchev–Trinajstić information content (AvgIpc) is 3.74. The molecule has 4 aliphatic carbocycles. The number of anilines is 1. The number of carboxylic acid groups (broad SMARTS) is 1. The van der Waals surface area contributed by atoms with Crippen LogP contribution in [0.15, 0.2) is 34.8 Å². The van der Waals surface area contributed by atoms with E-state index in [4.69, 9.17) is 10.8 Å². The fraction of sp³-hybridized carbons (Fsp3) is 0.483. The van der Waals surface area contributed by atoms with Crippen molar-refractivity contribution >= 4 is 35.0 Å². The topological polar surface area (TPSA) is 240 Å². The number of primary amides is 1. The first-order valence-corrected chi connectivity index (χ1v) is 14.0. The molecular weight excluding hydrogens is 564 g/mol. The van der Waals surface area contributed by atoms with E-state index < -0.39 is 81.7 Å². The molecule has 1 fully saturated rings. The van der Waals surface area contributed by atoms with Crippen LogP contribution in [0.2, 0.25) is 0 Å². The predicted octanol–water partition coefficient (Wildman–Crippen LogP) is 0.0445. The van der Waals surface area contributed by atoms with Crippen molar-refractivity contribution in [3.8, 4) is 5.75 Å². The van der Waals surface area contributed by atoms with Gasteiger partial charge in [0.15, 0.2) is 17.1 Å². The number of aromatic hydroxyl groups is 1. The second-order valence-electron chi connectivity index (χ2n) is 11.9. The quantitative estimate of drug-likeness (QED) is 0.139. The van der Waals surface area contributed by atoms with Gasteiger partial charge in [0.05, 0.1) is 23.3 Å². The number of carbonyl (C=O) groups is 5. The fourth-order valence-electron chi connectivity index (χ4n) is 6.64. The van der Waals surface area contributed by atoms with Gasteiger partial charge in [-0.2, -0.15) is 0 Å². The Labute approximate surface area is 245 Å². The zero-order chi connectivity index (χ0) is 31.5. The molecule has 0 bridgehead atoms. The van der Waals surface area contributed by atoms with Crippen LogP contribution in [0.5, 0.6) is 5.75 Å². The molecule has 14 nitrogen and oxygen atoms in total. The van der Waals surface area contributed by atoms with Crippen molar-refractivity contribution in [3.63, 3.8) is 0 Å². The number of nitrogens with two attached hydrogens (primary N) is 1. The first-order valence-electron chi connectivity index (χ1n) is 14.0. The van der Waals surface area contributed by atoms with Crippen LogP contribution in [0.3, 0.4) is 0 Å². The number of nitrogens with zero attached hydrogens (tertiary/aromatic N) is 1. The SMILES string of the molecule is CN(C)C1C(O)=C(C(N)=O)C(=O)C2(O)C(O)=C3C(=O)c4c(ccc(NC(=O)[C@H](CCC(=O)O)NC5CC5)c4O)CC3CC12. The normalized spacial score (nSPS) is 27.4. The number of amides is 2. The number of aliphatic hydroxyl groups is 3. The summed E-state index contributed by atoms with van der Waals surface area (Å²) in [6.45, 7) is 0. The molecule has 1 aromatic rings. The van der Waals surface area contributed by atoms with E-state index in [-0.39, 0.29) is 48.5 Å². The van der Waals surface area contributed by atoms with Crippen LogP contribution < -0.4 is 16.4 Å². The lowest BCUT2D eigenvalue weighted by Crippen LogP contribution is -2.63. The number of aliphatic carboxylic acids is 1. The van der Waals surface area contributed by atoms with Crippen molar-refractivity contribution in [1.29, 1.82) is 0 Å². The molecule has 43 heavy (non-hydrogen) atoms. The molecule has 9 N–H and O–H groups in total. The summed E-state index contributed by atoms with van der Waals surface area (Å²) in [5, 5.41) is 59.8. The van der Waals surface area contributed by atoms with Gasteiger partial charge in [-0.05, 0) is 63.7 Å². The van der Waals surface area contributed by atoms with Crippen LogP contribution >= 0.6 is 0 Å². The van der Waals surface area contributed by atoms with Crippen LogP contribution in [0.25, 0.3) is 0 Å². The smallest absolute Gasteiger partial charge is 0.303 e. The number of nitrogens with one attached hydrogen (secondary N) is 2. The maximum Gasteiger partial charge on any atom is 0.303 e. The number of hydrogen-bond acceptors (Lipinski definition) is 11. The van der Waals surface area contributed by atoms with E-state index >= 15 is 0 Å². The maximum atomic E-state index is 13.8. The third kappa shape index (κ3) is 4.94. The molecule has 230 valence electrons. The van der Waals surface area contributed by atoms with Crippen molar-refractivity contribution < 1.29 is 49.5 Å². The van der Waals surface area contributed by atoms with E-state index in [9.17, 15) is 44.4 Å². The summed E-state index contributed by atoms with van der Waals surface area (Å²) in [4.78, 5) is 65.0. The molecule has 0 saturated heterocycles. The third-order valence-corrected chi connectivity index (χ3v) is 8.83. The molecule has 0 radical (unpaired) electrons. The van der Waals surface area contributed by atoms with Gasteiger partial charge in [-0.15, -0.1) is 0 Å². The number of ketones is 2. The highest BCUT2D eigenvalue weighted by Crippen LogP contribution is 2.52. The summed E-state index contributed by atoms with van der Waals surface area (Å²) in [6, 6.07) is 1.09. The largest absolute Gasteiger partial charge is 0.510 e. The van der Waals surface area contributed by atoms with Crippen molar-refractivity contribution in [2.75, 3.05) is 19.4 Å². The zero-order valence-corrected chi connectivity index (χ0v) is 23.6. The Kier molecular flexibility index (Phi) is 7.57. The lowest BCUT2D eigenvalue weighted by atomic mass is 9.58. The highest BCUT2D eigenvalue weighted by molar-refractivity contribution is 6.25. The van der Waals surface area contributed by atoms with Gasteiger partial charge in [0.2, 0.25) is 11.7 Å². The lowest BCUT2D eigenvalue weighted by molar-refractivity contribution is -0.148. The standard InChI is InChI=1S/C29H34N4O10/c1-33(2)21-14-10-12-9-11-3-6-15(32-28(42)16(7-8-17(34)35)31-13-4-5-13)22(36)18(11)23(37)19(12)25(39)29(14,43)26(40)20(24(21)38)27(30)41/h3,6,12-14,16,21,31,36,38-39,43H,4-5,7-10H2,1-2H3,(H2,30,41)(H,32,42)(H,34,35)/t12?,14?,16-,21?,29?/m0/s1. The van der Waals surface area contributed by atoms with E-state index in [0.29, 0.717) is 5.56 Å². The maximum absolute atomic E-state index is 13.8. The van der Waals surface area contributed by atoms with Crippen LogP contribution in [-0.2, 0) is 25.6 Å². The van der Waals surface area contributed by atoms with E-state index in [2.05, 4.69) is 10.6 Å². The van der Waals surface area contributed by atoms with Crippen LogP contribution in [0, 0.1) is 11.8 Å². The number of phenolic OH excluding ortho intramolecular Hbond substituents is 1. The first-order chi connectivity index (χ1) is 20.2. The number of rotatable bonds is 9. The number of benzene rings is 1. The Hall–Kier alpha value is -4.27. The molecule has 0 heterocycles. The monoisotopic (exact) mass is 598 g/mol. The van der Waals surface area contributed by atoms with Crippen LogP contribution in [0.1, 0.15) is 48.0 Å². The molecule has 0 aromatic heterocycles. The van der Waals surface area contributed by atoms with E-state index in [1.165, 1.54) is 17.0 Å². The highest BCUT2D eigenvalue weighted by atomic mass is 16.4. The number of fused-ring (bicyclic) bond motifs is 3. The number of phenols is 1. The lowest BCUT2D eigenvalue weighted by Gasteiger charge is -2.50. The molecule has 2 amide bonds. The van der Waals surface area contributed by atoms with Gasteiger partial charge in [0, 0.05) is 24.0 Å². The third-order valence-electron chi connectivity index (χ3n) is 8.83. The van der Waals surface area contributed by atoms with Gasteiger partial charge in [0.25, 0.3) is 5.91 Å². The molecule has 5 rings (SSSR count). The molecule has 4 aliphatic rings. The molecule has 0 aliphatic heterocycles. The van der Waals surface area contributed by atoms with E-state index in [1.54, 1.807) is 14.1 Å². The number of carbonyl (C=O) groups excluding carboxylic acids is 4. The summed E-state index contributed by atoms with van der Waals surface area (Å²) in [6.07, 6.45) is 1.50. The Bertz CT molecular complexity index is 1510. The number of allylic oxidation sites excluding steroid dienone is 1. The summed E-state index contributed by atoms with van der Waals surface area (Å²) < 4.78 is 0.